The lowest BCUT2D eigenvalue weighted by molar-refractivity contribution is -0.268. The summed E-state index contributed by atoms with van der Waals surface area (Å²) in [5.41, 5.74) is 3.83. The molecule has 0 aromatic heterocycles. The van der Waals surface area contributed by atoms with Gasteiger partial charge in [-0.2, -0.15) is 0 Å². The first kappa shape index (κ1) is 27.1. The van der Waals surface area contributed by atoms with Gasteiger partial charge < -0.3 is 5.11 Å². The highest BCUT2D eigenvalue weighted by atomic mass is 31.2. The van der Waals surface area contributed by atoms with Crippen LogP contribution in [0, 0.1) is 0 Å². The van der Waals surface area contributed by atoms with E-state index >= 15 is 0 Å². The van der Waals surface area contributed by atoms with Gasteiger partial charge in [-0.15, -0.1) is 5.75 Å². The van der Waals surface area contributed by atoms with E-state index in [1.165, 1.54) is 32.6 Å². The summed E-state index contributed by atoms with van der Waals surface area (Å²) in [6, 6.07) is 61.3. The van der Waals surface area contributed by atoms with Crippen molar-refractivity contribution in [1.82, 2.24) is 0 Å². The molecule has 0 unspecified atom stereocenters. The minimum absolute atomic E-state index is 0.0711. The van der Waals surface area contributed by atoms with Gasteiger partial charge in [-0.3, -0.25) is 0 Å². The van der Waals surface area contributed by atoms with Crippen molar-refractivity contribution in [2.75, 3.05) is 0 Å². The second-order valence-corrected chi connectivity index (χ2v) is 13.3. The Balaban J connectivity index is 0.000000194. The van der Waals surface area contributed by atoms with Gasteiger partial charge in [-0.05, 0) is 59.5 Å². The maximum atomic E-state index is 10.9. The van der Waals surface area contributed by atoms with Gasteiger partial charge in [0.1, 0.15) is 23.2 Å². The monoisotopic (exact) mass is 536 g/mol. The molecule has 0 saturated carbocycles. The third-order valence-electron chi connectivity index (χ3n) is 7.03. The summed E-state index contributed by atoms with van der Waals surface area (Å²) in [7, 11) is -1.78. The molecule has 6 aromatic rings. The molecule has 0 aliphatic heterocycles. The molecular formula is C38H33OP. The first-order valence-electron chi connectivity index (χ1n) is 13.6. The highest BCUT2D eigenvalue weighted by Crippen LogP contribution is 2.58. The molecule has 0 aliphatic rings. The van der Waals surface area contributed by atoms with Crippen molar-refractivity contribution in [2.24, 2.45) is 0 Å². The first-order chi connectivity index (χ1) is 19.7. The smallest absolute Gasteiger partial charge is 0.116 e. The van der Waals surface area contributed by atoms with E-state index in [1.54, 1.807) is 12.1 Å². The first-order valence-corrected chi connectivity index (χ1v) is 15.6. The molecular weight excluding hydrogens is 503 g/mol. The summed E-state index contributed by atoms with van der Waals surface area (Å²) in [6.45, 7) is 0. The normalized spacial score (nSPS) is 10.8. The Morgan fingerprint density at radius 2 is 0.675 bits per heavy atom. The van der Waals surface area contributed by atoms with Gasteiger partial charge in [0.15, 0.2) is 0 Å². The van der Waals surface area contributed by atoms with Crippen LogP contribution < -0.4 is 21.0 Å². The molecule has 0 radical (unpaired) electrons. The van der Waals surface area contributed by atoms with Gasteiger partial charge in [0.25, 0.3) is 0 Å². The number of rotatable bonds is 7. The fourth-order valence-electron chi connectivity index (χ4n) is 5.06. The highest BCUT2D eigenvalue weighted by Gasteiger charge is 2.45. The molecule has 0 N–H and O–H groups in total. The van der Waals surface area contributed by atoms with E-state index in [0.717, 1.165) is 12.6 Å². The quantitative estimate of drug-likeness (QED) is 0.193. The Bertz CT molecular complexity index is 1450. The SMILES string of the molecule is [O-]c1ccc(Cc2ccccc2)cc1.c1ccc(C[P+](c2ccccc2)(c2ccccc2)c2ccccc2)cc1. The summed E-state index contributed by atoms with van der Waals surface area (Å²) in [5, 5.41) is 15.2. The summed E-state index contributed by atoms with van der Waals surface area (Å²) in [4.78, 5) is 0. The van der Waals surface area contributed by atoms with E-state index in [2.05, 4.69) is 133 Å². The van der Waals surface area contributed by atoms with Crippen LogP contribution in [0.2, 0.25) is 0 Å². The Hall–Kier alpha value is -4.45. The van der Waals surface area contributed by atoms with Gasteiger partial charge in [0.2, 0.25) is 0 Å². The van der Waals surface area contributed by atoms with Crippen molar-refractivity contribution in [3.05, 3.63) is 193 Å². The molecule has 0 heterocycles. The van der Waals surface area contributed by atoms with Crippen LogP contribution in [0.15, 0.2) is 176 Å². The van der Waals surface area contributed by atoms with E-state index < -0.39 is 7.26 Å². The number of hydrogen-bond donors (Lipinski definition) is 0. The Labute approximate surface area is 238 Å². The number of benzene rings is 6. The van der Waals surface area contributed by atoms with Crippen molar-refractivity contribution in [1.29, 1.82) is 0 Å². The summed E-state index contributed by atoms with van der Waals surface area (Å²) < 4.78 is 0. The van der Waals surface area contributed by atoms with E-state index in [4.69, 9.17) is 0 Å². The van der Waals surface area contributed by atoms with E-state index in [9.17, 15) is 5.11 Å². The van der Waals surface area contributed by atoms with Crippen molar-refractivity contribution in [2.45, 2.75) is 12.6 Å². The lowest BCUT2D eigenvalue weighted by Crippen LogP contribution is -2.32. The van der Waals surface area contributed by atoms with Crippen LogP contribution in [0.3, 0.4) is 0 Å². The Morgan fingerprint density at radius 1 is 0.350 bits per heavy atom. The molecule has 0 aliphatic carbocycles. The molecule has 0 spiro atoms. The minimum Gasteiger partial charge on any atom is -0.872 e. The molecule has 6 aromatic carbocycles. The van der Waals surface area contributed by atoms with Crippen LogP contribution in [0.4, 0.5) is 0 Å². The van der Waals surface area contributed by atoms with Crippen LogP contribution in [0.25, 0.3) is 0 Å². The average Bonchev–Trinajstić information content (AvgIpc) is 3.04. The predicted molar refractivity (Wildman–Crippen MR) is 170 cm³/mol. The molecule has 0 fully saturated rings. The van der Waals surface area contributed by atoms with Crippen molar-refractivity contribution in [3.63, 3.8) is 0 Å². The largest absolute Gasteiger partial charge is 0.872 e. The zero-order chi connectivity index (χ0) is 27.5. The van der Waals surface area contributed by atoms with Crippen molar-refractivity contribution in [3.8, 4) is 5.75 Å². The second kappa shape index (κ2) is 13.6. The average molecular weight is 537 g/mol. The zero-order valence-corrected chi connectivity index (χ0v) is 23.4. The molecule has 40 heavy (non-hydrogen) atoms. The lowest BCUT2D eigenvalue weighted by Gasteiger charge is -2.27. The van der Waals surface area contributed by atoms with E-state index in [-0.39, 0.29) is 5.75 Å². The standard InChI is InChI=1S/C25H22P.C13H12O/c1-5-13-22(14-6-1)21-26(23-15-7-2-8-16-23,24-17-9-3-10-18-24)25-19-11-4-12-20-25;14-13-8-6-12(7-9-13)10-11-4-2-1-3-5-11/h1-20H,21H2;1-9,14H,10H2/q+1;/p-1. The lowest BCUT2D eigenvalue weighted by atomic mass is 10.1. The van der Waals surface area contributed by atoms with Crippen LogP contribution in [-0.4, -0.2) is 0 Å². The van der Waals surface area contributed by atoms with Gasteiger partial charge in [0.05, 0.1) is 6.16 Å². The molecule has 0 bridgehead atoms. The maximum absolute atomic E-state index is 10.9. The maximum Gasteiger partial charge on any atom is 0.116 e. The van der Waals surface area contributed by atoms with Crippen LogP contribution in [-0.2, 0) is 12.6 Å². The van der Waals surface area contributed by atoms with Gasteiger partial charge in [0, 0.05) is 0 Å². The van der Waals surface area contributed by atoms with Crippen LogP contribution in [0.5, 0.6) is 5.75 Å². The van der Waals surface area contributed by atoms with Gasteiger partial charge in [-0.1, -0.05) is 140 Å². The number of hydrogen-bond acceptors (Lipinski definition) is 1. The van der Waals surface area contributed by atoms with Crippen LogP contribution in [0.1, 0.15) is 16.7 Å². The zero-order valence-electron chi connectivity index (χ0n) is 22.5. The summed E-state index contributed by atoms with van der Waals surface area (Å²) in [5.74, 6) is 0.0711. The van der Waals surface area contributed by atoms with E-state index in [0.29, 0.717) is 0 Å². The molecule has 0 saturated heterocycles. The van der Waals surface area contributed by atoms with Gasteiger partial charge in [-0.25, -0.2) is 0 Å². The van der Waals surface area contributed by atoms with Crippen molar-refractivity contribution >= 4 is 23.2 Å². The summed E-state index contributed by atoms with van der Waals surface area (Å²) in [6.07, 6.45) is 1.92. The topological polar surface area (TPSA) is 23.1 Å². The van der Waals surface area contributed by atoms with Gasteiger partial charge >= 0.3 is 0 Å². The van der Waals surface area contributed by atoms with Crippen LogP contribution >= 0.6 is 7.26 Å². The third kappa shape index (κ3) is 6.75. The molecule has 2 heteroatoms. The third-order valence-corrected chi connectivity index (χ3v) is 11.4. The fraction of sp³-hybridized carbons (Fsp3) is 0.0526. The highest BCUT2D eigenvalue weighted by molar-refractivity contribution is 7.95. The van der Waals surface area contributed by atoms with E-state index in [1.807, 2.05) is 30.3 Å². The summed E-state index contributed by atoms with van der Waals surface area (Å²) >= 11 is 0. The van der Waals surface area contributed by atoms with Crippen molar-refractivity contribution < 1.29 is 5.11 Å². The fourth-order valence-corrected chi connectivity index (χ4v) is 9.31. The Morgan fingerprint density at radius 3 is 1.07 bits per heavy atom. The molecule has 1 nitrogen and oxygen atoms in total. The minimum atomic E-state index is -1.78. The molecule has 0 amide bonds. The Kier molecular flexibility index (Phi) is 9.20. The predicted octanol–water partition coefficient (Wildman–Crippen LogP) is 7.53. The molecule has 6 rings (SSSR count). The second-order valence-electron chi connectivity index (χ2n) is 9.77. The molecule has 196 valence electrons. The molecule has 0 atom stereocenters.